The number of methoxy groups -OCH3 is 1. The Bertz CT molecular complexity index is 984. The second kappa shape index (κ2) is 9.50. The highest BCUT2D eigenvalue weighted by molar-refractivity contribution is 5.91. The van der Waals surface area contributed by atoms with E-state index in [0.29, 0.717) is 12.5 Å². The predicted octanol–water partition coefficient (Wildman–Crippen LogP) is 4.24. The second-order valence-corrected chi connectivity index (χ2v) is 7.44. The van der Waals surface area contributed by atoms with Crippen LogP contribution in [0.5, 0.6) is 5.75 Å². The fourth-order valence-corrected chi connectivity index (χ4v) is 3.65. The fourth-order valence-electron chi connectivity index (χ4n) is 3.65. The first-order valence-corrected chi connectivity index (χ1v) is 10.3. The van der Waals surface area contributed by atoms with Gasteiger partial charge in [-0.15, -0.1) is 0 Å². The first kappa shape index (κ1) is 20.0. The van der Waals surface area contributed by atoms with Crippen LogP contribution in [0.3, 0.4) is 0 Å². The summed E-state index contributed by atoms with van der Waals surface area (Å²) in [5.74, 6) is 1.03. The summed E-state index contributed by atoms with van der Waals surface area (Å²) >= 11 is 0. The highest BCUT2D eigenvalue weighted by Crippen LogP contribution is 2.26. The van der Waals surface area contributed by atoms with Crippen molar-refractivity contribution in [2.24, 2.45) is 0 Å². The number of rotatable bonds is 6. The van der Waals surface area contributed by atoms with Gasteiger partial charge in [-0.3, -0.25) is 15.0 Å². The summed E-state index contributed by atoms with van der Waals surface area (Å²) in [5.41, 5.74) is 3.42. The van der Waals surface area contributed by atoms with Gasteiger partial charge in [0.2, 0.25) is 11.9 Å². The van der Waals surface area contributed by atoms with E-state index in [1.165, 1.54) is 6.42 Å². The number of hydrogen-bond acceptors (Lipinski definition) is 5. The Balaban J connectivity index is 1.62. The Morgan fingerprint density at radius 2 is 1.57 bits per heavy atom. The number of nitrogens with one attached hydrogen (secondary N) is 1. The van der Waals surface area contributed by atoms with Crippen molar-refractivity contribution < 1.29 is 9.53 Å². The van der Waals surface area contributed by atoms with Crippen LogP contribution in [0.1, 0.15) is 19.3 Å². The molecule has 1 aliphatic heterocycles. The topological polar surface area (TPSA) is 67.3 Å². The number of carbonyl (C=O) groups is 1. The Hall–Kier alpha value is -3.25. The minimum Gasteiger partial charge on any atom is -0.497 e. The van der Waals surface area contributed by atoms with Gasteiger partial charge in [0.1, 0.15) is 5.75 Å². The molecule has 6 heteroatoms. The molecule has 1 aromatic heterocycles. The third-order valence-electron chi connectivity index (χ3n) is 5.25. The Labute approximate surface area is 176 Å². The lowest BCUT2D eigenvalue weighted by Crippen LogP contribution is -2.37. The van der Waals surface area contributed by atoms with E-state index in [4.69, 9.17) is 4.74 Å². The van der Waals surface area contributed by atoms with Crippen LogP contribution in [0.25, 0.3) is 22.5 Å². The van der Waals surface area contributed by atoms with Crippen LogP contribution in [-0.4, -0.2) is 47.5 Å². The van der Waals surface area contributed by atoms with E-state index in [2.05, 4.69) is 20.2 Å². The van der Waals surface area contributed by atoms with Crippen LogP contribution >= 0.6 is 0 Å². The van der Waals surface area contributed by atoms with Gasteiger partial charge in [-0.25, -0.2) is 9.97 Å². The second-order valence-electron chi connectivity index (χ2n) is 7.44. The summed E-state index contributed by atoms with van der Waals surface area (Å²) in [6.45, 7) is 2.31. The molecule has 1 saturated heterocycles. The molecule has 6 nitrogen and oxygen atoms in total. The molecule has 1 N–H and O–H groups in total. The van der Waals surface area contributed by atoms with Crippen LogP contribution in [0.15, 0.2) is 60.7 Å². The molecule has 0 bridgehead atoms. The number of anilines is 1. The summed E-state index contributed by atoms with van der Waals surface area (Å²) < 4.78 is 5.25. The lowest BCUT2D eigenvalue weighted by atomic mass is 10.1. The van der Waals surface area contributed by atoms with Gasteiger partial charge >= 0.3 is 0 Å². The number of likely N-dealkylation sites (tertiary alicyclic amines) is 1. The number of benzene rings is 2. The van der Waals surface area contributed by atoms with Crippen molar-refractivity contribution >= 4 is 11.9 Å². The zero-order valence-electron chi connectivity index (χ0n) is 17.2. The number of nitrogens with zero attached hydrogens (tertiary/aromatic N) is 3. The maximum atomic E-state index is 12.6. The van der Waals surface area contributed by atoms with Crippen LogP contribution in [0.2, 0.25) is 0 Å². The van der Waals surface area contributed by atoms with E-state index in [1.54, 1.807) is 7.11 Å². The molecule has 4 rings (SSSR count). The first-order valence-electron chi connectivity index (χ1n) is 10.3. The maximum absolute atomic E-state index is 12.6. The van der Waals surface area contributed by atoms with Gasteiger partial charge in [0.05, 0.1) is 25.0 Å². The van der Waals surface area contributed by atoms with E-state index >= 15 is 0 Å². The molecule has 0 radical (unpaired) electrons. The van der Waals surface area contributed by atoms with Crippen LogP contribution < -0.4 is 10.1 Å². The summed E-state index contributed by atoms with van der Waals surface area (Å²) in [5, 5.41) is 2.90. The summed E-state index contributed by atoms with van der Waals surface area (Å²) in [6, 6.07) is 19.6. The third-order valence-corrected chi connectivity index (χ3v) is 5.25. The molecular formula is C24H26N4O2. The first-order chi connectivity index (χ1) is 14.7. The molecule has 0 saturated carbocycles. The summed E-state index contributed by atoms with van der Waals surface area (Å²) in [7, 11) is 1.64. The van der Waals surface area contributed by atoms with Gasteiger partial charge < -0.3 is 4.74 Å². The molecule has 1 fully saturated rings. The highest BCUT2D eigenvalue weighted by atomic mass is 16.5. The number of piperidine rings is 1. The van der Waals surface area contributed by atoms with Crippen molar-refractivity contribution in [3.05, 3.63) is 60.7 Å². The molecule has 154 valence electrons. The van der Waals surface area contributed by atoms with Crippen molar-refractivity contribution in [1.82, 2.24) is 14.9 Å². The van der Waals surface area contributed by atoms with Gasteiger partial charge in [-0.2, -0.15) is 0 Å². The van der Waals surface area contributed by atoms with Crippen LogP contribution in [-0.2, 0) is 4.79 Å². The summed E-state index contributed by atoms with van der Waals surface area (Å²) in [6.07, 6.45) is 3.54. The average molecular weight is 402 g/mol. The molecule has 2 heterocycles. The normalized spacial score (nSPS) is 14.3. The van der Waals surface area contributed by atoms with E-state index in [-0.39, 0.29) is 5.91 Å². The zero-order chi connectivity index (χ0) is 20.8. The van der Waals surface area contributed by atoms with Gasteiger partial charge in [-0.05, 0) is 56.3 Å². The summed E-state index contributed by atoms with van der Waals surface area (Å²) in [4.78, 5) is 24.0. The molecule has 1 aliphatic rings. The number of amides is 1. The molecule has 3 aromatic rings. The monoisotopic (exact) mass is 402 g/mol. The molecule has 0 atom stereocenters. The molecule has 0 spiro atoms. The smallest absolute Gasteiger partial charge is 0.240 e. The van der Waals surface area contributed by atoms with Gasteiger partial charge in [0.15, 0.2) is 0 Å². The largest absolute Gasteiger partial charge is 0.497 e. The molecule has 0 unspecified atom stereocenters. The molecule has 30 heavy (non-hydrogen) atoms. The third kappa shape index (κ3) is 5.02. The van der Waals surface area contributed by atoms with Gasteiger partial charge in [0.25, 0.3) is 0 Å². The van der Waals surface area contributed by atoms with E-state index in [9.17, 15) is 4.79 Å². The van der Waals surface area contributed by atoms with Crippen molar-refractivity contribution in [1.29, 1.82) is 0 Å². The van der Waals surface area contributed by atoms with Crippen LogP contribution in [0, 0.1) is 0 Å². The van der Waals surface area contributed by atoms with Crippen molar-refractivity contribution in [3.63, 3.8) is 0 Å². The average Bonchev–Trinajstić information content (AvgIpc) is 2.80. The molecule has 1 amide bonds. The van der Waals surface area contributed by atoms with Crippen molar-refractivity contribution in [2.45, 2.75) is 19.3 Å². The molecular weight excluding hydrogens is 376 g/mol. The Morgan fingerprint density at radius 1 is 0.933 bits per heavy atom. The number of hydrogen-bond donors (Lipinski definition) is 1. The minimum atomic E-state index is -0.0807. The fraction of sp³-hybridized carbons (Fsp3) is 0.292. The van der Waals surface area contributed by atoms with Crippen LogP contribution in [0.4, 0.5) is 5.95 Å². The Kier molecular flexibility index (Phi) is 6.35. The minimum absolute atomic E-state index is 0.0807. The van der Waals surface area contributed by atoms with Crippen molar-refractivity contribution in [2.75, 3.05) is 32.1 Å². The SMILES string of the molecule is COc1ccc(-c2cc(-c3ccccc3)nc(NC(=O)CN3CCCCC3)n2)cc1. The Morgan fingerprint density at radius 3 is 2.20 bits per heavy atom. The van der Waals surface area contributed by atoms with Gasteiger partial charge in [0, 0.05) is 11.1 Å². The predicted molar refractivity (Wildman–Crippen MR) is 118 cm³/mol. The van der Waals surface area contributed by atoms with E-state index in [1.807, 2.05) is 60.7 Å². The molecule has 0 aliphatic carbocycles. The van der Waals surface area contributed by atoms with Crippen molar-refractivity contribution in [3.8, 4) is 28.3 Å². The van der Waals surface area contributed by atoms with E-state index in [0.717, 1.165) is 54.2 Å². The van der Waals surface area contributed by atoms with Gasteiger partial charge in [-0.1, -0.05) is 36.8 Å². The molecule has 2 aromatic carbocycles. The highest BCUT2D eigenvalue weighted by Gasteiger charge is 2.16. The number of ether oxygens (including phenoxy) is 1. The van der Waals surface area contributed by atoms with E-state index < -0.39 is 0 Å². The number of aromatic nitrogens is 2. The zero-order valence-corrected chi connectivity index (χ0v) is 17.2. The quantitative estimate of drug-likeness (QED) is 0.668. The lowest BCUT2D eigenvalue weighted by Gasteiger charge is -2.25. The standard InChI is InChI=1S/C24H26N4O2/c1-30-20-12-10-19(11-13-20)22-16-21(18-8-4-2-5-9-18)25-24(26-22)27-23(29)17-28-14-6-3-7-15-28/h2,4-5,8-13,16H,3,6-7,14-15,17H2,1H3,(H,25,26,27,29). The maximum Gasteiger partial charge on any atom is 0.240 e. The lowest BCUT2D eigenvalue weighted by molar-refractivity contribution is -0.117. The number of carbonyl (C=O) groups excluding carboxylic acids is 1.